The lowest BCUT2D eigenvalue weighted by Gasteiger charge is -2.08. The Morgan fingerprint density at radius 3 is 2.70 bits per heavy atom. The molecule has 3 N–H and O–H groups in total. The van der Waals surface area contributed by atoms with Crippen molar-refractivity contribution in [2.75, 3.05) is 6.54 Å². The maximum absolute atomic E-state index is 12.6. The number of rotatable bonds is 6. The number of nitrogens with one attached hydrogen (secondary N) is 1. The van der Waals surface area contributed by atoms with Crippen molar-refractivity contribution in [2.24, 2.45) is 7.05 Å². The van der Waals surface area contributed by atoms with Gasteiger partial charge in [0.2, 0.25) is 0 Å². The van der Waals surface area contributed by atoms with Crippen molar-refractivity contribution in [3.8, 4) is 5.75 Å². The van der Waals surface area contributed by atoms with E-state index in [1.807, 2.05) is 0 Å². The molecular formula is C20H16N4O6. The molecule has 10 heteroatoms. The van der Waals surface area contributed by atoms with Crippen LogP contribution < -0.4 is 10.9 Å². The van der Waals surface area contributed by atoms with Gasteiger partial charge >= 0.3 is 5.97 Å². The van der Waals surface area contributed by atoms with Crippen molar-refractivity contribution in [3.63, 3.8) is 0 Å². The summed E-state index contributed by atoms with van der Waals surface area (Å²) in [6.45, 7) is -0.557. The maximum Gasteiger partial charge on any atom is 0.322 e. The number of ketones is 1. The highest BCUT2D eigenvalue weighted by Crippen LogP contribution is 2.25. The molecule has 0 radical (unpaired) electrons. The maximum atomic E-state index is 12.6. The number of aliphatic carboxylic acids is 1. The zero-order chi connectivity index (χ0) is 21.8. The zero-order valence-electron chi connectivity index (χ0n) is 15.7. The number of pyridine rings is 3. The number of aromatic nitrogens is 3. The van der Waals surface area contributed by atoms with Crippen LogP contribution in [-0.2, 0) is 11.8 Å². The molecule has 3 rings (SSSR count). The highest BCUT2D eigenvalue weighted by Gasteiger charge is 2.19. The second-order valence-corrected chi connectivity index (χ2v) is 6.18. The predicted octanol–water partition coefficient (Wildman–Crippen LogP) is 0.745. The number of carboxylic acids is 1. The third kappa shape index (κ3) is 4.07. The Bertz CT molecular complexity index is 1260. The van der Waals surface area contributed by atoms with Gasteiger partial charge in [0, 0.05) is 13.2 Å². The molecule has 3 aromatic rings. The van der Waals surface area contributed by atoms with Crippen molar-refractivity contribution in [1.82, 2.24) is 19.9 Å². The third-order valence-electron chi connectivity index (χ3n) is 4.17. The Morgan fingerprint density at radius 1 is 1.20 bits per heavy atom. The van der Waals surface area contributed by atoms with E-state index in [0.717, 1.165) is 6.08 Å². The van der Waals surface area contributed by atoms with Gasteiger partial charge in [-0.05, 0) is 36.4 Å². The highest BCUT2D eigenvalue weighted by atomic mass is 16.4. The van der Waals surface area contributed by atoms with Crippen molar-refractivity contribution in [1.29, 1.82) is 0 Å². The standard InChI is InChI=1S/C20H16N4O6/c1-24-18-12(5-3-9-21-18)17(28)16(20(24)30)14(25)8-7-11-4-2-6-13(23-11)19(29)22-10-15(26)27/h2-9,28H,10H2,1H3,(H,22,29)(H,26,27). The average molecular weight is 408 g/mol. The van der Waals surface area contributed by atoms with E-state index in [1.165, 1.54) is 42.1 Å². The van der Waals surface area contributed by atoms with E-state index in [1.54, 1.807) is 12.1 Å². The van der Waals surface area contributed by atoms with Crippen LogP contribution in [0.4, 0.5) is 0 Å². The summed E-state index contributed by atoms with van der Waals surface area (Å²) in [6.07, 6.45) is 3.80. The molecule has 0 aromatic carbocycles. The van der Waals surface area contributed by atoms with Crippen LogP contribution >= 0.6 is 0 Å². The molecule has 0 unspecified atom stereocenters. The molecule has 0 spiro atoms. The van der Waals surface area contributed by atoms with Crippen LogP contribution in [0.2, 0.25) is 0 Å². The zero-order valence-corrected chi connectivity index (χ0v) is 15.7. The minimum Gasteiger partial charge on any atom is -0.506 e. The molecule has 0 aliphatic rings. The molecule has 0 aliphatic heterocycles. The van der Waals surface area contributed by atoms with Gasteiger partial charge in [-0.15, -0.1) is 0 Å². The Balaban J connectivity index is 1.90. The van der Waals surface area contributed by atoms with Crippen LogP contribution in [0.25, 0.3) is 17.1 Å². The summed E-state index contributed by atoms with van der Waals surface area (Å²) in [5.41, 5.74) is -0.693. The monoisotopic (exact) mass is 408 g/mol. The number of carboxylic acid groups (broad SMARTS) is 1. The molecule has 0 fully saturated rings. The summed E-state index contributed by atoms with van der Waals surface area (Å²) in [5, 5.41) is 21.5. The highest BCUT2D eigenvalue weighted by molar-refractivity contribution is 6.10. The van der Waals surface area contributed by atoms with E-state index in [-0.39, 0.29) is 22.4 Å². The van der Waals surface area contributed by atoms with Gasteiger partial charge in [0.05, 0.1) is 11.1 Å². The van der Waals surface area contributed by atoms with Crippen LogP contribution in [0.15, 0.2) is 47.4 Å². The number of amides is 1. The number of aryl methyl sites for hydroxylation is 1. The molecule has 1 amide bonds. The quantitative estimate of drug-likeness (QED) is 0.399. The lowest BCUT2D eigenvalue weighted by molar-refractivity contribution is -0.135. The van der Waals surface area contributed by atoms with E-state index >= 15 is 0 Å². The summed E-state index contributed by atoms with van der Waals surface area (Å²) in [7, 11) is 1.44. The summed E-state index contributed by atoms with van der Waals surface area (Å²) in [5.74, 6) is -3.10. The first-order chi connectivity index (χ1) is 14.3. The molecule has 10 nitrogen and oxygen atoms in total. The van der Waals surface area contributed by atoms with Crippen LogP contribution in [0, 0.1) is 0 Å². The first kappa shape index (κ1) is 20.4. The molecule has 0 saturated carbocycles. The van der Waals surface area contributed by atoms with Gasteiger partial charge < -0.3 is 15.5 Å². The van der Waals surface area contributed by atoms with Crippen LogP contribution in [-0.4, -0.2) is 49.0 Å². The second kappa shape index (κ2) is 8.35. The Morgan fingerprint density at radius 2 is 1.97 bits per heavy atom. The van der Waals surface area contributed by atoms with Gasteiger partial charge in [-0.1, -0.05) is 6.07 Å². The largest absolute Gasteiger partial charge is 0.506 e. The van der Waals surface area contributed by atoms with Gasteiger partial charge in [-0.25, -0.2) is 9.97 Å². The smallest absolute Gasteiger partial charge is 0.322 e. The van der Waals surface area contributed by atoms with Gasteiger partial charge in [0.1, 0.15) is 29.2 Å². The normalized spacial score (nSPS) is 11.0. The molecule has 3 aromatic heterocycles. The first-order valence-electron chi connectivity index (χ1n) is 8.65. The van der Waals surface area contributed by atoms with E-state index < -0.39 is 41.1 Å². The molecular weight excluding hydrogens is 392 g/mol. The number of hydrogen-bond donors (Lipinski definition) is 3. The molecule has 0 saturated heterocycles. The van der Waals surface area contributed by atoms with E-state index in [4.69, 9.17) is 5.11 Å². The lowest BCUT2D eigenvalue weighted by Crippen LogP contribution is -2.29. The number of carbonyl (C=O) groups excluding carboxylic acids is 2. The second-order valence-electron chi connectivity index (χ2n) is 6.18. The Kier molecular flexibility index (Phi) is 5.68. The summed E-state index contributed by atoms with van der Waals surface area (Å²) in [4.78, 5) is 55.6. The molecule has 0 aliphatic carbocycles. The SMILES string of the molecule is Cn1c(=O)c(C(=O)C=Cc2cccc(C(=O)NCC(=O)O)n2)c(O)c2cccnc21. The van der Waals surface area contributed by atoms with Crippen molar-refractivity contribution in [2.45, 2.75) is 0 Å². The van der Waals surface area contributed by atoms with Crippen LogP contribution in [0.1, 0.15) is 26.5 Å². The predicted molar refractivity (Wildman–Crippen MR) is 106 cm³/mol. The summed E-state index contributed by atoms with van der Waals surface area (Å²) in [6, 6.07) is 7.51. The first-order valence-corrected chi connectivity index (χ1v) is 8.65. The van der Waals surface area contributed by atoms with Gasteiger partial charge in [0.25, 0.3) is 11.5 Å². The third-order valence-corrected chi connectivity index (χ3v) is 4.17. The number of hydrogen-bond acceptors (Lipinski definition) is 7. The topological polar surface area (TPSA) is 151 Å². The van der Waals surface area contributed by atoms with Crippen LogP contribution in [0.5, 0.6) is 5.75 Å². The molecule has 30 heavy (non-hydrogen) atoms. The molecule has 3 heterocycles. The minimum atomic E-state index is -1.20. The number of allylic oxidation sites excluding steroid dienone is 1. The summed E-state index contributed by atoms with van der Waals surface area (Å²) >= 11 is 0. The number of carbonyl (C=O) groups is 3. The van der Waals surface area contributed by atoms with E-state index in [2.05, 4.69) is 15.3 Å². The van der Waals surface area contributed by atoms with Crippen molar-refractivity contribution < 1.29 is 24.6 Å². The number of nitrogens with zero attached hydrogens (tertiary/aromatic N) is 3. The Labute approximate surface area is 169 Å². The van der Waals surface area contributed by atoms with Gasteiger partial charge in [-0.3, -0.25) is 23.7 Å². The Hall–Kier alpha value is -4.34. The van der Waals surface area contributed by atoms with Gasteiger partial charge in [0.15, 0.2) is 5.78 Å². The molecule has 152 valence electrons. The number of fused-ring (bicyclic) bond motifs is 1. The lowest BCUT2D eigenvalue weighted by atomic mass is 10.1. The van der Waals surface area contributed by atoms with Crippen LogP contribution in [0.3, 0.4) is 0 Å². The van der Waals surface area contributed by atoms with Gasteiger partial charge in [-0.2, -0.15) is 0 Å². The number of aromatic hydroxyl groups is 1. The van der Waals surface area contributed by atoms with Crippen molar-refractivity contribution >= 4 is 34.8 Å². The minimum absolute atomic E-state index is 0.0404. The van der Waals surface area contributed by atoms with E-state index in [9.17, 15) is 24.3 Å². The average Bonchev–Trinajstić information content (AvgIpc) is 2.74. The molecule has 0 bridgehead atoms. The van der Waals surface area contributed by atoms with E-state index in [0.29, 0.717) is 0 Å². The fourth-order valence-corrected chi connectivity index (χ4v) is 2.73. The summed E-state index contributed by atoms with van der Waals surface area (Å²) < 4.78 is 1.17. The molecule has 0 atom stereocenters. The van der Waals surface area contributed by atoms with Crippen molar-refractivity contribution in [3.05, 3.63) is 69.9 Å². The fourth-order valence-electron chi connectivity index (χ4n) is 2.73. The fraction of sp³-hybridized carbons (Fsp3) is 0.100.